The minimum absolute atomic E-state index is 0.0437. The average Bonchev–Trinajstić information content (AvgIpc) is 2.77. The number of nitrogens with one attached hydrogen (secondary N) is 1. The molecule has 3 aliphatic carbocycles. The minimum atomic E-state index is -0.512. The van der Waals surface area contributed by atoms with Gasteiger partial charge in [-0.1, -0.05) is 48.6 Å². The zero-order valence-electron chi connectivity index (χ0n) is 17.4. The molecule has 0 radical (unpaired) electrons. The fraction of sp³-hybridized carbons (Fsp3) is 0.280. The van der Waals surface area contributed by atoms with Crippen LogP contribution in [0.5, 0.6) is 0 Å². The van der Waals surface area contributed by atoms with E-state index in [4.69, 9.17) is 14.7 Å². The topological polar surface area (TPSA) is 86.4 Å². The van der Waals surface area contributed by atoms with Crippen LogP contribution in [0, 0.1) is 5.92 Å². The zero-order chi connectivity index (χ0) is 21.4. The number of hydrogen-bond donors (Lipinski definition) is 3. The van der Waals surface area contributed by atoms with Crippen LogP contribution in [0.3, 0.4) is 0 Å². The molecule has 4 aliphatic rings. The summed E-state index contributed by atoms with van der Waals surface area (Å²) in [5.74, 6) is 1.09. The number of aliphatic hydroxyl groups is 2. The van der Waals surface area contributed by atoms with Gasteiger partial charge in [0.15, 0.2) is 5.84 Å². The standard InChI is InChI=1S/C25H25N3O3/c1-2-31-25-27-23(20-12-11-17(29)14-21(20)30)26-24(28-25)22-18-9-5-3-7-15(18)13-16-8-4-6-10-19(16)22/h3-10,14-15,23,29-30H,2,11-13H2,1H3,(H,26,27,28). The lowest BCUT2D eigenvalue weighted by atomic mass is 9.76. The molecule has 0 amide bonds. The van der Waals surface area contributed by atoms with Gasteiger partial charge in [-0.3, -0.25) is 0 Å². The number of benzene rings is 1. The van der Waals surface area contributed by atoms with E-state index in [0.717, 1.165) is 17.6 Å². The van der Waals surface area contributed by atoms with Gasteiger partial charge in [-0.25, -0.2) is 4.99 Å². The molecule has 0 saturated heterocycles. The van der Waals surface area contributed by atoms with Gasteiger partial charge in [0, 0.05) is 29.6 Å². The van der Waals surface area contributed by atoms with Crippen LogP contribution in [0.25, 0.3) is 5.57 Å². The third-order valence-corrected chi connectivity index (χ3v) is 5.98. The summed E-state index contributed by atoms with van der Waals surface area (Å²) in [6.45, 7) is 2.37. The van der Waals surface area contributed by atoms with Gasteiger partial charge < -0.3 is 20.3 Å². The summed E-state index contributed by atoms with van der Waals surface area (Å²) in [4.78, 5) is 9.64. The Labute approximate surface area is 181 Å². The van der Waals surface area contributed by atoms with Crippen LogP contribution in [0.15, 0.2) is 87.3 Å². The lowest BCUT2D eigenvalue weighted by Gasteiger charge is -2.31. The second-order valence-corrected chi connectivity index (χ2v) is 7.94. The average molecular weight is 415 g/mol. The number of hydrogen-bond acceptors (Lipinski definition) is 6. The van der Waals surface area contributed by atoms with Crippen molar-refractivity contribution in [1.82, 2.24) is 5.32 Å². The first kappa shape index (κ1) is 19.4. The monoisotopic (exact) mass is 415 g/mol. The number of aliphatic imine (C=N–C) groups is 2. The summed E-state index contributed by atoms with van der Waals surface area (Å²) in [7, 11) is 0. The number of fused-ring (bicyclic) bond motifs is 2. The Morgan fingerprint density at radius 2 is 2.03 bits per heavy atom. The van der Waals surface area contributed by atoms with E-state index in [1.807, 2.05) is 13.0 Å². The van der Waals surface area contributed by atoms with Crippen LogP contribution >= 0.6 is 0 Å². The van der Waals surface area contributed by atoms with E-state index in [2.05, 4.69) is 47.8 Å². The van der Waals surface area contributed by atoms with Crippen molar-refractivity contribution < 1.29 is 14.9 Å². The van der Waals surface area contributed by atoms with Crippen LogP contribution in [0.1, 0.15) is 30.9 Å². The second kappa shape index (κ2) is 7.95. The normalized spacial score (nSPS) is 24.6. The summed E-state index contributed by atoms with van der Waals surface area (Å²) in [5, 5.41) is 23.4. The van der Waals surface area contributed by atoms with Crippen molar-refractivity contribution in [3.05, 3.63) is 88.4 Å². The number of amidine groups is 2. The molecule has 6 nitrogen and oxygen atoms in total. The fourth-order valence-corrected chi connectivity index (χ4v) is 4.53. The van der Waals surface area contributed by atoms with Crippen LogP contribution in [0.2, 0.25) is 0 Å². The maximum absolute atomic E-state index is 10.5. The molecular formula is C25H25N3O3. The van der Waals surface area contributed by atoms with Crippen molar-refractivity contribution in [2.45, 2.75) is 32.4 Å². The van der Waals surface area contributed by atoms with Gasteiger partial charge >= 0.3 is 0 Å². The minimum Gasteiger partial charge on any atom is -0.512 e. The van der Waals surface area contributed by atoms with Gasteiger partial charge in [0.05, 0.1) is 12.4 Å². The summed E-state index contributed by atoms with van der Waals surface area (Å²) in [6, 6.07) is 8.77. The number of ether oxygens (including phenoxy) is 1. The van der Waals surface area contributed by atoms with Gasteiger partial charge in [-0.15, -0.1) is 0 Å². The molecule has 0 bridgehead atoms. The van der Waals surface area contributed by atoms with E-state index in [-0.39, 0.29) is 17.4 Å². The number of nitrogens with zero attached hydrogens (tertiary/aromatic N) is 2. The molecule has 158 valence electrons. The van der Waals surface area contributed by atoms with Crippen molar-refractivity contribution in [3.8, 4) is 0 Å². The lowest BCUT2D eigenvalue weighted by Crippen LogP contribution is -2.42. The van der Waals surface area contributed by atoms with E-state index < -0.39 is 6.17 Å². The molecule has 0 fully saturated rings. The lowest BCUT2D eigenvalue weighted by molar-refractivity contribution is 0.302. The van der Waals surface area contributed by atoms with Gasteiger partial charge in [-0.05, 0) is 36.5 Å². The summed E-state index contributed by atoms with van der Waals surface area (Å²) in [5.41, 5.74) is 5.31. The van der Waals surface area contributed by atoms with Crippen LogP contribution < -0.4 is 5.32 Å². The highest BCUT2D eigenvalue weighted by atomic mass is 16.5. The first-order valence-electron chi connectivity index (χ1n) is 10.7. The Kier molecular flexibility index (Phi) is 4.98. The highest BCUT2D eigenvalue weighted by Gasteiger charge is 2.32. The van der Waals surface area contributed by atoms with Crippen molar-refractivity contribution in [2.24, 2.45) is 15.9 Å². The molecule has 6 heteroatoms. The Morgan fingerprint density at radius 3 is 2.87 bits per heavy atom. The molecule has 1 aromatic rings. The highest BCUT2D eigenvalue weighted by molar-refractivity contribution is 6.27. The van der Waals surface area contributed by atoms with Crippen molar-refractivity contribution in [3.63, 3.8) is 0 Å². The summed E-state index contributed by atoms with van der Waals surface area (Å²) >= 11 is 0. The Hall–Kier alpha value is -3.54. The Balaban J connectivity index is 1.66. The van der Waals surface area contributed by atoms with E-state index in [1.54, 1.807) is 0 Å². The van der Waals surface area contributed by atoms with Gasteiger partial charge in [0.1, 0.15) is 11.9 Å². The van der Waals surface area contributed by atoms with E-state index in [9.17, 15) is 10.2 Å². The van der Waals surface area contributed by atoms with Crippen LogP contribution in [-0.2, 0) is 11.2 Å². The maximum atomic E-state index is 10.5. The van der Waals surface area contributed by atoms with Gasteiger partial charge in [0.2, 0.25) is 0 Å². The van der Waals surface area contributed by atoms with Crippen molar-refractivity contribution in [2.75, 3.05) is 6.61 Å². The molecule has 3 N–H and O–H groups in total. The van der Waals surface area contributed by atoms with Crippen molar-refractivity contribution >= 4 is 17.4 Å². The Bertz CT molecular complexity index is 1130. The molecule has 1 aliphatic heterocycles. The summed E-state index contributed by atoms with van der Waals surface area (Å²) in [6.07, 6.45) is 11.3. The van der Waals surface area contributed by atoms with E-state index in [1.165, 1.54) is 17.2 Å². The second-order valence-electron chi connectivity index (χ2n) is 7.94. The zero-order valence-corrected chi connectivity index (χ0v) is 17.4. The molecule has 1 heterocycles. The quantitative estimate of drug-likeness (QED) is 0.678. The van der Waals surface area contributed by atoms with Crippen LogP contribution in [-0.4, -0.2) is 34.8 Å². The Morgan fingerprint density at radius 1 is 1.16 bits per heavy atom. The van der Waals surface area contributed by atoms with E-state index >= 15 is 0 Å². The predicted octanol–water partition coefficient (Wildman–Crippen LogP) is 4.51. The molecule has 0 saturated carbocycles. The molecule has 5 rings (SSSR count). The SMILES string of the molecule is CCOC1=NC(C2=C3C=CC=CC3Cc3ccccc32)=NC(C2=C(O)C=C(O)CC2)N1. The van der Waals surface area contributed by atoms with Gasteiger partial charge in [0.25, 0.3) is 6.02 Å². The number of aliphatic hydroxyl groups excluding tert-OH is 2. The third-order valence-electron chi connectivity index (χ3n) is 5.98. The molecule has 1 aromatic carbocycles. The molecule has 2 unspecified atom stereocenters. The number of allylic oxidation sites excluding steroid dienone is 7. The largest absolute Gasteiger partial charge is 0.512 e. The van der Waals surface area contributed by atoms with Gasteiger partial charge in [-0.2, -0.15) is 4.99 Å². The fourth-order valence-electron chi connectivity index (χ4n) is 4.53. The first-order chi connectivity index (χ1) is 15.1. The maximum Gasteiger partial charge on any atom is 0.293 e. The van der Waals surface area contributed by atoms with Crippen molar-refractivity contribution in [1.29, 1.82) is 0 Å². The number of rotatable bonds is 3. The van der Waals surface area contributed by atoms with E-state index in [0.29, 0.717) is 36.9 Å². The highest BCUT2D eigenvalue weighted by Crippen LogP contribution is 2.39. The molecular weight excluding hydrogens is 390 g/mol. The molecule has 31 heavy (non-hydrogen) atoms. The predicted molar refractivity (Wildman–Crippen MR) is 122 cm³/mol. The molecule has 0 spiro atoms. The summed E-state index contributed by atoms with van der Waals surface area (Å²) < 4.78 is 5.74. The molecule has 0 aromatic heterocycles. The molecule has 2 atom stereocenters. The third kappa shape index (κ3) is 3.58. The van der Waals surface area contributed by atoms with Crippen LogP contribution in [0.4, 0.5) is 0 Å². The first-order valence-corrected chi connectivity index (χ1v) is 10.7. The smallest absolute Gasteiger partial charge is 0.293 e.